The van der Waals surface area contributed by atoms with E-state index in [0.29, 0.717) is 31.9 Å². The second-order valence-electron chi connectivity index (χ2n) is 5.19. The number of hydrogen-bond donors (Lipinski definition) is 2. The Hall–Kier alpha value is -1.70. The average Bonchev–Trinajstić information content (AvgIpc) is 2.53. The molecule has 0 aromatic heterocycles. The quantitative estimate of drug-likeness (QED) is 0.406. The molecule has 0 aliphatic rings. The molecule has 2 aromatic rings. The van der Waals surface area contributed by atoms with E-state index in [1.807, 2.05) is 12.1 Å². The molecular weight excluding hydrogens is 423 g/mol. The molecule has 0 bridgehead atoms. The molecule has 0 spiro atoms. The van der Waals surface area contributed by atoms with Gasteiger partial charge in [-0.15, -0.1) is 24.0 Å². The number of nitrogens with zero attached hydrogens (tertiary/aromatic N) is 1. The lowest BCUT2D eigenvalue weighted by Crippen LogP contribution is -2.39. The molecule has 2 rings (SSSR count). The molecule has 0 aliphatic carbocycles. The Balaban J connectivity index is 0.00000288. The van der Waals surface area contributed by atoms with Crippen LogP contribution in [0.1, 0.15) is 11.1 Å². The smallest absolute Gasteiger partial charge is 0.190 e. The SMILES string of the molecule is CN=C(NCCc1cccc(F)c1)NCCc1cccc(F)c1.I. The predicted octanol–water partition coefficient (Wildman–Crippen LogP) is 3.53. The molecular formula is C18H22F2IN3. The van der Waals surface area contributed by atoms with Crippen LogP contribution in [0, 0.1) is 11.6 Å². The van der Waals surface area contributed by atoms with Crippen LogP contribution in [0.15, 0.2) is 53.5 Å². The predicted molar refractivity (Wildman–Crippen MR) is 105 cm³/mol. The van der Waals surface area contributed by atoms with Crippen molar-refractivity contribution in [3.63, 3.8) is 0 Å². The summed E-state index contributed by atoms with van der Waals surface area (Å²) < 4.78 is 26.2. The van der Waals surface area contributed by atoms with E-state index in [1.54, 1.807) is 19.2 Å². The Labute approximate surface area is 158 Å². The summed E-state index contributed by atoms with van der Waals surface area (Å²) in [4.78, 5) is 4.13. The molecule has 0 saturated heterocycles. The van der Waals surface area contributed by atoms with Crippen molar-refractivity contribution in [3.05, 3.63) is 71.3 Å². The first-order valence-electron chi connectivity index (χ1n) is 7.61. The molecule has 0 heterocycles. The third kappa shape index (κ3) is 7.25. The Morgan fingerprint density at radius 2 is 1.33 bits per heavy atom. The van der Waals surface area contributed by atoms with Crippen LogP contribution >= 0.6 is 24.0 Å². The Morgan fingerprint density at radius 1 is 0.875 bits per heavy atom. The first-order chi connectivity index (χ1) is 11.2. The van der Waals surface area contributed by atoms with Gasteiger partial charge in [0.15, 0.2) is 5.96 Å². The van der Waals surface area contributed by atoms with Gasteiger partial charge in [0.05, 0.1) is 0 Å². The summed E-state index contributed by atoms with van der Waals surface area (Å²) in [5, 5.41) is 6.35. The monoisotopic (exact) mass is 445 g/mol. The van der Waals surface area contributed by atoms with Gasteiger partial charge in [-0.3, -0.25) is 4.99 Å². The van der Waals surface area contributed by atoms with Crippen molar-refractivity contribution >= 4 is 29.9 Å². The minimum absolute atomic E-state index is 0. The number of aliphatic imine (C=N–C) groups is 1. The molecule has 2 aromatic carbocycles. The van der Waals surface area contributed by atoms with E-state index < -0.39 is 0 Å². The molecule has 0 fully saturated rings. The van der Waals surface area contributed by atoms with Crippen LogP contribution < -0.4 is 10.6 Å². The van der Waals surface area contributed by atoms with Gasteiger partial charge in [0, 0.05) is 20.1 Å². The summed E-state index contributed by atoms with van der Waals surface area (Å²) >= 11 is 0. The molecule has 3 nitrogen and oxygen atoms in total. The van der Waals surface area contributed by atoms with Crippen LogP contribution in [0.25, 0.3) is 0 Å². The normalized spacial score (nSPS) is 9.79. The lowest BCUT2D eigenvalue weighted by Gasteiger charge is -2.12. The largest absolute Gasteiger partial charge is 0.356 e. The van der Waals surface area contributed by atoms with E-state index >= 15 is 0 Å². The molecule has 130 valence electrons. The first-order valence-corrected chi connectivity index (χ1v) is 7.61. The number of halogens is 3. The maximum atomic E-state index is 13.1. The third-order valence-electron chi connectivity index (χ3n) is 3.41. The van der Waals surface area contributed by atoms with Crippen LogP contribution in [0.5, 0.6) is 0 Å². The fourth-order valence-electron chi connectivity index (χ4n) is 2.26. The van der Waals surface area contributed by atoms with Gasteiger partial charge in [0.25, 0.3) is 0 Å². The zero-order valence-electron chi connectivity index (χ0n) is 13.6. The molecule has 2 N–H and O–H groups in total. The summed E-state index contributed by atoms with van der Waals surface area (Å²) in [6.45, 7) is 1.31. The van der Waals surface area contributed by atoms with E-state index in [1.165, 1.54) is 24.3 Å². The van der Waals surface area contributed by atoms with Gasteiger partial charge < -0.3 is 10.6 Å². The maximum absolute atomic E-state index is 13.1. The number of rotatable bonds is 6. The molecule has 0 amide bonds. The number of guanidine groups is 1. The van der Waals surface area contributed by atoms with Crippen molar-refractivity contribution in [2.24, 2.45) is 4.99 Å². The summed E-state index contributed by atoms with van der Waals surface area (Å²) in [5.41, 5.74) is 1.88. The van der Waals surface area contributed by atoms with Crippen molar-refractivity contribution in [1.29, 1.82) is 0 Å². The summed E-state index contributed by atoms with van der Waals surface area (Å²) in [6.07, 6.45) is 1.42. The molecule has 0 aliphatic heterocycles. The summed E-state index contributed by atoms with van der Waals surface area (Å²) in [5.74, 6) is 0.234. The van der Waals surface area contributed by atoms with Crippen LogP contribution in [0.2, 0.25) is 0 Å². The van der Waals surface area contributed by atoms with E-state index in [4.69, 9.17) is 0 Å². The molecule has 0 unspecified atom stereocenters. The standard InChI is InChI=1S/C18H21F2N3.HI/c1-21-18(22-10-8-14-4-2-6-16(19)12-14)23-11-9-15-5-3-7-17(20)13-15;/h2-7,12-13H,8-11H2,1H3,(H2,21,22,23);1H. The third-order valence-corrected chi connectivity index (χ3v) is 3.41. The van der Waals surface area contributed by atoms with Crippen LogP contribution in [0.3, 0.4) is 0 Å². The van der Waals surface area contributed by atoms with Crippen molar-refractivity contribution in [2.45, 2.75) is 12.8 Å². The Kier molecular flexibility index (Phi) is 9.29. The van der Waals surface area contributed by atoms with E-state index in [0.717, 1.165) is 11.1 Å². The van der Waals surface area contributed by atoms with Crippen LogP contribution in [-0.4, -0.2) is 26.1 Å². The van der Waals surface area contributed by atoms with Crippen LogP contribution in [0.4, 0.5) is 8.78 Å². The van der Waals surface area contributed by atoms with Crippen molar-refractivity contribution in [2.75, 3.05) is 20.1 Å². The van der Waals surface area contributed by atoms with Gasteiger partial charge >= 0.3 is 0 Å². The second kappa shape index (κ2) is 11.0. The van der Waals surface area contributed by atoms with E-state index in [-0.39, 0.29) is 35.6 Å². The lowest BCUT2D eigenvalue weighted by atomic mass is 10.1. The number of hydrogen-bond acceptors (Lipinski definition) is 1. The van der Waals surface area contributed by atoms with Gasteiger partial charge in [-0.25, -0.2) is 8.78 Å². The van der Waals surface area contributed by atoms with Gasteiger partial charge in [-0.1, -0.05) is 24.3 Å². The zero-order valence-corrected chi connectivity index (χ0v) is 15.9. The van der Waals surface area contributed by atoms with Gasteiger partial charge in [-0.05, 0) is 48.2 Å². The van der Waals surface area contributed by atoms with E-state index in [9.17, 15) is 8.78 Å². The van der Waals surface area contributed by atoms with Crippen molar-refractivity contribution < 1.29 is 8.78 Å². The highest BCUT2D eigenvalue weighted by atomic mass is 127. The fraction of sp³-hybridized carbons (Fsp3) is 0.278. The highest BCUT2D eigenvalue weighted by Gasteiger charge is 2.00. The van der Waals surface area contributed by atoms with Gasteiger partial charge in [0.1, 0.15) is 11.6 Å². The summed E-state index contributed by atoms with van der Waals surface area (Å²) in [7, 11) is 1.69. The molecule has 0 saturated carbocycles. The second-order valence-corrected chi connectivity index (χ2v) is 5.19. The first kappa shape index (κ1) is 20.3. The maximum Gasteiger partial charge on any atom is 0.190 e. The number of nitrogens with one attached hydrogen (secondary N) is 2. The highest BCUT2D eigenvalue weighted by Crippen LogP contribution is 2.04. The minimum atomic E-state index is -0.222. The number of benzene rings is 2. The molecule has 0 atom stereocenters. The Bertz CT molecular complexity index is 609. The fourth-order valence-corrected chi connectivity index (χ4v) is 2.26. The summed E-state index contributed by atoms with van der Waals surface area (Å²) in [6, 6.07) is 13.1. The lowest BCUT2D eigenvalue weighted by molar-refractivity contribution is 0.625. The zero-order chi connectivity index (χ0) is 16.5. The minimum Gasteiger partial charge on any atom is -0.356 e. The highest BCUT2D eigenvalue weighted by molar-refractivity contribution is 14.0. The van der Waals surface area contributed by atoms with Crippen molar-refractivity contribution in [3.8, 4) is 0 Å². The van der Waals surface area contributed by atoms with E-state index in [2.05, 4.69) is 15.6 Å². The van der Waals surface area contributed by atoms with Crippen LogP contribution in [-0.2, 0) is 12.8 Å². The Morgan fingerprint density at radius 3 is 1.71 bits per heavy atom. The topological polar surface area (TPSA) is 36.4 Å². The average molecular weight is 445 g/mol. The van der Waals surface area contributed by atoms with Gasteiger partial charge in [0.2, 0.25) is 0 Å². The van der Waals surface area contributed by atoms with Gasteiger partial charge in [-0.2, -0.15) is 0 Å². The molecule has 0 radical (unpaired) electrons. The molecule has 24 heavy (non-hydrogen) atoms. The van der Waals surface area contributed by atoms with Crippen molar-refractivity contribution in [1.82, 2.24) is 10.6 Å². The molecule has 6 heteroatoms.